The van der Waals surface area contributed by atoms with Crippen molar-refractivity contribution in [2.75, 3.05) is 29.9 Å². The Morgan fingerprint density at radius 1 is 1.27 bits per heavy atom. The van der Waals surface area contributed by atoms with Crippen LogP contribution in [0.2, 0.25) is 0 Å². The first-order valence-corrected chi connectivity index (χ1v) is 9.73. The lowest BCUT2D eigenvalue weighted by Crippen LogP contribution is -2.35. The molecule has 2 aromatic rings. The van der Waals surface area contributed by atoms with Gasteiger partial charge in [0.1, 0.15) is 17.5 Å². The summed E-state index contributed by atoms with van der Waals surface area (Å²) in [5, 5.41) is 3.39. The zero-order chi connectivity index (χ0) is 18.5. The number of piperidine rings is 1. The lowest BCUT2D eigenvalue weighted by atomic mass is 10.0. The van der Waals surface area contributed by atoms with Crippen molar-refractivity contribution in [2.24, 2.45) is 0 Å². The maximum absolute atomic E-state index is 13.8. The highest BCUT2D eigenvalue weighted by atomic mass is 32.2. The van der Waals surface area contributed by atoms with Crippen molar-refractivity contribution in [2.45, 2.75) is 25.8 Å². The van der Waals surface area contributed by atoms with Crippen LogP contribution in [0.1, 0.15) is 35.7 Å². The van der Waals surface area contributed by atoms with Gasteiger partial charge in [-0.25, -0.2) is 9.37 Å². The summed E-state index contributed by atoms with van der Waals surface area (Å²) in [6, 6.07) is 9.56. The van der Waals surface area contributed by atoms with E-state index in [9.17, 15) is 9.18 Å². The highest BCUT2D eigenvalue weighted by molar-refractivity contribution is 7.96. The van der Waals surface area contributed by atoms with Crippen molar-refractivity contribution in [1.82, 2.24) is 9.29 Å². The van der Waals surface area contributed by atoms with Gasteiger partial charge in [0.25, 0.3) is 0 Å². The third-order valence-corrected chi connectivity index (χ3v) is 5.39. The number of rotatable bonds is 6. The number of benzene rings is 1. The number of aromatic nitrogens is 1. The van der Waals surface area contributed by atoms with Gasteiger partial charge in [0.2, 0.25) is 0 Å². The van der Waals surface area contributed by atoms with Gasteiger partial charge in [0.05, 0.1) is 11.1 Å². The molecule has 1 aromatic carbocycles. The molecule has 0 aliphatic carbocycles. The smallest absolute Gasteiger partial charge is 0.199 e. The zero-order valence-electron chi connectivity index (χ0n) is 14.7. The number of anilines is 2. The maximum atomic E-state index is 13.8. The topological polar surface area (TPSA) is 71.2 Å². The number of pyridine rings is 1. The third-order valence-electron chi connectivity index (χ3n) is 4.41. The predicted octanol–water partition coefficient (Wildman–Crippen LogP) is 3.58. The lowest BCUT2D eigenvalue weighted by Gasteiger charge is -2.31. The molecule has 0 unspecified atom stereocenters. The van der Waals surface area contributed by atoms with E-state index in [1.165, 1.54) is 12.1 Å². The van der Waals surface area contributed by atoms with Gasteiger partial charge < -0.3 is 11.1 Å². The van der Waals surface area contributed by atoms with Gasteiger partial charge in [-0.15, -0.1) is 0 Å². The monoisotopic (exact) mass is 374 g/mol. The number of hydrogen-bond donors (Lipinski definition) is 2. The van der Waals surface area contributed by atoms with E-state index < -0.39 is 11.6 Å². The quantitative estimate of drug-likeness (QED) is 0.595. The van der Waals surface area contributed by atoms with Crippen LogP contribution in [0.15, 0.2) is 36.4 Å². The normalized spacial score (nSPS) is 15.8. The molecule has 3 rings (SSSR count). The van der Waals surface area contributed by atoms with E-state index in [0.29, 0.717) is 11.9 Å². The molecule has 1 saturated heterocycles. The van der Waals surface area contributed by atoms with Gasteiger partial charge in [-0.2, -0.15) is 0 Å². The van der Waals surface area contributed by atoms with Crippen molar-refractivity contribution in [1.29, 1.82) is 0 Å². The van der Waals surface area contributed by atoms with E-state index in [-0.39, 0.29) is 16.9 Å². The number of hydrogen-bond acceptors (Lipinski definition) is 6. The fourth-order valence-corrected chi connectivity index (χ4v) is 3.89. The van der Waals surface area contributed by atoms with Crippen LogP contribution >= 0.6 is 11.9 Å². The van der Waals surface area contributed by atoms with Crippen molar-refractivity contribution in [3.8, 4) is 0 Å². The van der Waals surface area contributed by atoms with Gasteiger partial charge in [-0.3, -0.25) is 9.10 Å². The molecule has 7 heteroatoms. The number of carbonyl (C=O) groups is 1. The van der Waals surface area contributed by atoms with Crippen LogP contribution in [0.5, 0.6) is 0 Å². The third kappa shape index (κ3) is 4.34. The van der Waals surface area contributed by atoms with E-state index in [1.54, 1.807) is 24.3 Å². The standard InChI is InChI=1S/C19H23FN4OS/c1-2-26-24-11-9-13(10-12-24)22-17-8-7-15(19(21)23-17)18(25)14-5-3-4-6-16(14)20/h3-8,13H,2,9-12H2,1H3,(H3,21,22,23). The fourth-order valence-electron chi connectivity index (χ4n) is 3.06. The maximum Gasteiger partial charge on any atom is 0.199 e. The van der Waals surface area contributed by atoms with Crippen LogP contribution in [0.4, 0.5) is 16.0 Å². The van der Waals surface area contributed by atoms with Crippen LogP contribution < -0.4 is 11.1 Å². The Labute approximate surface area is 157 Å². The molecule has 0 saturated carbocycles. The molecule has 5 nitrogen and oxygen atoms in total. The second-order valence-electron chi connectivity index (χ2n) is 6.20. The second kappa shape index (κ2) is 8.51. The Kier molecular flexibility index (Phi) is 6.11. The minimum absolute atomic E-state index is 0.00232. The van der Waals surface area contributed by atoms with E-state index in [2.05, 4.69) is 21.5 Å². The van der Waals surface area contributed by atoms with Crippen LogP contribution in [0, 0.1) is 5.82 Å². The van der Waals surface area contributed by atoms with Crippen molar-refractivity contribution >= 4 is 29.4 Å². The van der Waals surface area contributed by atoms with Crippen LogP contribution in [0.25, 0.3) is 0 Å². The molecule has 3 N–H and O–H groups in total. The Morgan fingerprint density at radius 2 is 2.00 bits per heavy atom. The summed E-state index contributed by atoms with van der Waals surface area (Å²) in [5.74, 6) is 0.838. The fraction of sp³-hybridized carbons (Fsp3) is 0.368. The lowest BCUT2D eigenvalue weighted by molar-refractivity contribution is 0.103. The molecule has 1 aliphatic heterocycles. The highest BCUT2D eigenvalue weighted by Gasteiger charge is 2.21. The second-order valence-corrected chi connectivity index (χ2v) is 7.56. The summed E-state index contributed by atoms with van der Waals surface area (Å²) < 4.78 is 16.2. The SMILES string of the molecule is CCSN1CCC(Nc2ccc(C(=O)c3ccccc3F)c(N)n2)CC1. The minimum Gasteiger partial charge on any atom is -0.383 e. The molecule has 1 aliphatic rings. The molecule has 0 amide bonds. The average Bonchev–Trinajstić information content (AvgIpc) is 2.64. The number of nitrogens with two attached hydrogens (primary N) is 1. The first-order chi connectivity index (χ1) is 12.6. The summed E-state index contributed by atoms with van der Waals surface area (Å²) in [6.45, 7) is 4.23. The predicted molar refractivity (Wildman–Crippen MR) is 105 cm³/mol. The first-order valence-electron chi connectivity index (χ1n) is 8.78. The Bertz CT molecular complexity index is 778. The van der Waals surface area contributed by atoms with Crippen molar-refractivity contribution < 1.29 is 9.18 Å². The Morgan fingerprint density at radius 3 is 2.65 bits per heavy atom. The summed E-state index contributed by atoms with van der Waals surface area (Å²) in [6.07, 6.45) is 2.06. The van der Waals surface area contributed by atoms with Crippen LogP contribution in [0.3, 0.4) is 0 Å². The average molecular weight is 374 g/mol. The largest absolute Gasteiger partial charge is 0.383 e. The number of nitrogen functional groups attached to an aromatic ring is 1. The molecule has 0 bridgehead atoms. The molecule has 1 fully saturated rings. The first kappa shape index (κ1) is 18.7. The van der Waals surface area contributed by atoms with Gasteiger partial charge in [0.15, 0.2) is 5.78 Å². The number of carbonyl (C=O) groups excluding carboxylic acids is 1. The number of nitrogens with zero attached hydrogens (tertiary/aromatic N) is 2. The summed E-state index contributed by atoms with van der Waals surface area (Å²) in [7, 11) is 0. The molecule has 0 radical (unpaired) electrons. The van der Waals surface area contributed by atoms with E-state index >= 15 is 0 Å². The Hall–Kier alpha value is -2.12. The van der Waals surface area contributed by atoms with Gasteiger partial charge in [-0.1, -0.05) is 31.0 Å². The van der Waals surface area contributed by atoms with Gasteiger partial charge in [-0.05, 0) is 37.1 Å². The molecule has 0 atom stereocenters. The summed E-state index contributed by atoms with van der Waals surface area (Å²) >= 11 is 1.87. The number of ketones is 1. The van der Waals surface area contributed by atoms with E-state index in [1.807, 2.05) is 11.9 Å². The molecule has 138 valence electrons. The van der Waals surface area contributed by atoms with Crippen molar-refractivity contribution in [3.05, 3.63) is 53.3 Å². The van der Waals surface area contributed by atoms with Crippen molar-refractivity contribution in [3.63, 3.8) is 0 Å². The Balaban J connectivity index is 1.67. The minimum atomic E-state index is -0.559. The van der Waals surface area contributed by atoms with Gasteiger partial charge >= 0.3 is 0 Å². The number of nitrogens with one attached hydrogen (secondary N) is 1. The van der Waals surface area contributed by atoms with E-state index in [0.717, 1.165) is 31.7 Å². The summed E-state index contributed by atoms with van der Waals surface area (Å²) in [5.41, 5.74) is 6.19. The van der Waals surface area contributed by atoms with E-state index in [4.69, 9.17) is 5.73 Å². The molecule has 1 aromatic heterocycles. The zero-order valence-corrected chi connectivity index (χ0v) is 15.6. The molecular formula is C19H23FN4OS. The molecule has 0 spiro atoms. The van der Waals surface area contributed by atoms with Crippen LogP contribution in [-0.4, -0.2) is 40.0 Å². The molecule has 2 heterocycles. The van der Waals surface area contributed by atoms with Gasteiger partial charge in [0, 0.05) is 24.9 Å². The molecule has 26 heavy (non-hydrogen) atoms. The highest BCUT2D eigenvalue weighted by Crippen LogP contribution is 2.23. The number of halogens is 1. The molecular weight excluding hydrogens is 351 g/mol. The summed E-state index contributed by atoms with van der Waals surface area (Å²) in [4.78, 5) is 16.8. The van der Waals surface area contributed by atoms with Crippen LogP contribution in [-0.2, 0) is 0 Å².